The van der Waals surface area contributed by atoms with Crippen molar-refractivity contribution >= 4 is 10.8 Å². The van der Waals surface area contributed by atoms with E-state index in [1.54, 1.807) is 20.8 Å². The van der Waals surface area contributed by atoms with E-state index in [9.17, 15) is 17.4 Å². The fourth-order valence-electron chi connectivity index (χ4n) is 1.59. The van der Waals surface area contributed by atoms with E-state index < -0.39 is 38.9 Å². The first-order valence-corrected chi connectivity index (χ1v) is 7.14. The van der Waals surface area contributed by atoms with Gasteiger partial charge in [-0.3, -0.25) is 4.21 Å². The number of benzene rings is 1. The molecular formula is C14H17F3OS. The van der Waals surface area contributed by atoms with Gasteiger partial charge in [-0.05, 0) is 20.8 Å². The summed E-state index contributed by atoms with van der Waals surface area (Å²) in [5.41, 5.74) is -0.283. The minimum atomic E-state index is -1.29. The normalized spacial score (nSPS) is 15.1. The van der Waals surface area contributed by atoms with E-state index in [0.29, 0.717) is 12.1 Å². The molecule has 0 heterocycles. The molecular weight excluding hydrogens is 273 g/mol. The summed E-state index contributed by atoms with van der Waals surface area (Å²) in [7, 11) is -1.29. The molecule has 0 fully saturated rings. The first-order valence-electron chi connectivity index (χ1n) is 5.82. The van der Waals surface area contributed by atoms with Crippen LogP contribution in [0, 0.1) is 17.5 Å². The average molecular weight is 290 g/mol. The summed E-state index contributed by atoms with van der Waals surface area (Å²) in [5, 5.41) is 0. The lowest BCUT2D eigenvalue weighted by Gasteiger charge is -2.22. The Morgan fingerprint density at radius 3 is 2.11 bits per heavy atom. The summed E-state index contributed by atoms with van der Waals surface area (Å²) in [6.07, 6.45) is 1.34. The Bertz CT molecular complexity index is 483. The van der Waals surface area contributed by atoms with E-state index in [4.69, 9.17) is 0 Å². The quantitative estimate of drug-likeness (QED) is 0.768. The zero-order valence-corrected chi connectivity index (χ0v) is 12.0. The van der Waals surface area contributed by atoms with Crippen LogP contribution in [0.3, 0.4) is 0 Å². The van der Waals surface area contributed by atoms with Gasteiger partial charge in [-0.15, -0.1) is 6.58 Å². The van der Waals surface area contributed by atoms with Crippen molar-refractivity contribution in [3.63, 3.8) is 0 Å². The molecule has 0 aliphatic heterocycles. The minimum absolute atomic E-state index is 0.0481. The summed E-state index contributed by atoms with van der Waals surface area (Å²) in [4.78, 5) is 0. The Labute approximate surface area is 114 Å². The molecule has 5 heteroatoms. The maximum absolute atomic E-state index is 13.7. The molecule has 0 saturated carbocycles. The minimum Gasteiger partial charge on any atom is -0.259 e. The van der Waals surface area contributed by atoms with Crippen molar-refractivity contribution in [2.75, 3.05) is 5.75 Å². The fourth-order valence-corrected chi connectivity index (χ4v) is 2.72. The smallest absolute Gasteiger partial charge is 0.132 e. The summed E-state index contributed by atoms with van der Waals surface area (Å²) in [5.74, 6) is -3.63. The lowest BCUT2D eigenvalue weighted by atomic mass is 10.00. The number of halogens is 3. The van der Waals surface area contributed by atoms with Crippen molar-refractivity contribution in [2.45, 2.75) is 31.4 Å². The van der Waals surface area contributed by atoms with Crippen LogP contribution in [0.25, 0.3) is 0 Å². The van der Waals surface area contributed by atoms with Gasteiger partial charge in [0.15, 0.2) is 0 Å². The van der Waals surface area contributed by atoms with E-state index in [2.05, 4.69) is 6.58 Å². The molecule has 1 nitrogen and oxygen atoms in total. The third-order valence-electron chi connectivity index (χ3n) is 2.71. The highest BCUT2D eigenvalue weighted by Gasteiger charge is 2.26. The zero-order valence-electron chi connectivity index (χ0n) is 11.2. The maximum atomic E-state index is 13.7. The maximum Gasteiger partial charge on any atom is 0.132 e. The number of hydrogen-bond acceptors (Lipinski definition) is 1. The third kappa shape index (κ3) is 3.93. The van der Waals surface area contributed by atoms with Crippen molar-refractivity contribution in [1.82, 2.24) is 0 Å². The Kier molecular flexibility index (Phi) is 4.96. The van der Waals surface area contributed by atoms with Crippen molar-refractivity contribution in [1.29, 1.82) is 0 Å². The van der Waals surface area contributed by atoms with E-state index in [1.807, 2.05) is 0 Å². The summed E-state index contributed by atoms with van der Waals surface area (Å²) in [6, 6.07) is 1.24. The summed E-state index contributed by atoms with van der Waals surface area (Å²) < 4.78 is 51.7. The van der Waals surface area contributed by atoms with Crippen LogP contribution < -0.4 is 0 Å². The van der Waals surface area contributed by atoms with Crippen LogP contribution in [0.15, 0.2) is 24.8 Å². The zero-order chi connectivity index (χ0) is 14.8. The molecule has 0 radical (unpaired) electrons. The molecule has 0 N–H and O–H groups in total. The molecule has 19 heavy (non-hydrogen) atoms. The Hall–Kier alpha value is -1.10. The van der Waals surface area contributed by atoms with E-state index in [1.165, 1.54) is 6.08 Å². The average Bonchev–Trinajstić information content (AvgIpc) is 2.24. The lowest BCUT2D eigenvalue weighted by molar-refractivity contribution is 0.519. The van der Waals surface area contributed by atoms with Crippen molar-refractivity contribution in [3.05, 3.63) is 47.8 Å². The van der Waals surface area contributed by atoms with Gasteiger partial charge in [-0.1, -0.05) is 6.08 Å². The fraction of sp³-hybridized carbons (Fsp3) is 0.429. The van der Waals surface area contributed by atoms with Gasteiger partial charge in [0.05, 0.1) is 0 Å². The Morgan fingerprint density at radius 1 is 1.26 bits per heavy atom. The SMILES string of the molecule is C=C[C@@H](C[S@@](=O)C(C)(C)C)c1c(F)cc(F)cc1F. The van der Waals surface area contributed by atoms with Crippen molar-refractivity contribution < 1.29 is 17.4 Å². The van der Waals surface area contributed by atoms with Gasteiger partial charge < -0.3 is 0 Å². The molecule has 0 amide bonds. The second-order valence-corrected chi connectivity index (χ2v) is 7.50. The van der Waals surface area contributed by atoms with Crippen molar-refractivity contribution in [3.8, 4) is 0 Å². The predicted molar refractivity (Wildman–Crippen MR) is 72.0 cm³/mol. The van der Waals surface area contributed by atoms with Crippen molar-refractivity contribution in [2.24, 2.45) is 0 Å². The predicted octanol–water partition coefficient (Wildman–Crippen LogP) is 3.92. The molecule has 0 bridgehead atoms. The molecule has 0 aliphatic carbocycles. The number of allylic oxidation sites excluding steroid dienone is 1. The van der Waals surface area contributed by atoms with Gasteiger partial charge in [-0.25, -0.2) is 13.2 Å². The summed E-state index contributed by atoms with van der Waals surface area (Å²) >= 11 is 0. The molecule has 1 aromatic rings. The van der Waals surface area contributed by atoms with E-state index in [0.717, 1.165) is 0 Å². The molecule has 0 aromatic heterocycles. The van der Waals surface area contributed by atoms with E-state index in [-0.39, 0.29) is 11.3 Å². The van der Waals surface area contributed by atoms with Gasteiger partial charge in [0, 0.05) is 44.9 Å². The van der Waals surface area contributed by atoms with Crippen LogP contribution in [-0.2, 0) is 10.8 Å². The Morgan fingerprint density at radius 2 is 1.74 bits per heavy atom. The van der Waals surface area contributed by atoms with Gasteiger partial charge in [-0.2, -0.15) is 0 Å². The monoisotopic (exact) mass is 290 g/mol. The van der Waals surface area contributed by atoms with E-state index >= 15 is 0 Å². The molecule has 0 unspecified atom stereocenters. The van der Waals surface area contributed by atoms with Crippen LogP contribution in [0.5, 0.6) is 0 Å². The highest BCUT2D eigenvalue weighted by molar-refractivity contribution is 7.86. The lowest BCUT2D eigenvalue weighted by Crippen LogP contribution is -2.27. The van der Waals surface area contributed by atoms with Crippen LogP contribution in [-0.4, -0.2) is 14.7 Å². The van der Waals surface area contributed by atoms with Gasteiger partial charge in [0.2, 0.25) is 0 Å². The molecule has 1 aromatic carbocycles. The number of rotatable bonds is 4. The molecule has 2 atom stereocenters. The van der Waals surface area contributed by atoms with Gasteiger partial charge in [0.1, 0.15) is 17.5 Å². The standard InChI is InChI=1S/C14H17F3OS/c1-5-9(8-19(18)14(2,3)4)13-11(16)6-10(15)7-12(13)17/h5-7,9H,1,8H2,2-4H3/t9-,19+/m0/s1. The first kappa shape index (κ1) is 16.0. The van der Waals surface area contributed by atoms with Gasteiger partial charge in [0.25, 0.3) is 0 Å². The summed E-state index contributed by atoms with van der Waals surface area (Å²) in [6.45, 7) is 8.85. The second kappa shape index (κ2) is 5.90. The highest BCUT2D eigenvalue weighted by atomic mass is 32.2. The molecule has 0 saturated heterocycles. The second-order valence-electron chi connectivity index (χ2n) is 5.25. The first-order chi connectivity index (χ1) is 8.66. The van der Waals surface area contributed by atoms with Crippen LogP contribution in [0.4, 0.5) is 13.2 Å². The molecule has 106 valence electrons. The Balaban J connectivity index is 3.12. The van der Waals surface area contributed by atoms with Gasteiger partial charge >= 0.3 is 0 Å². The highest BCUT2D eigenvalue weighted by Crippen LogP contribution is 2.27. The van der Waals surface area contributed by atoms with Crippen LogP contribution in [0.2, 0.25) is 0 Å². The largest absolute Gasteiger partial charge is 0.259 e. The number of hydrogen-bond donors (Lipinski definition) is 0. The molecule has 0 aliphatic rings. The van der Waals surface area contributed by atoms with Crippen LogP contribution >= 0.6 is 0 Å². The molecule has 1 rings (SSSR count). The third-order valence-corrected chi connectivity index (χ3v) is 4.74. The molecule has 0 spiro atoms. The topological polar surface area (TPSA) is 17.1 Å². The van der Waals surface area contributed by atoms with Crippen LogP contribution in [0.1, 0.15) is 32.3 Å².